The van der Waals surface area contributed by atoms with E-state index in [1.165, 1.54) is 12.1 Å². The summed E-state index contributed by atoms with van der Waals surface area (Å²) >= 11 is 22.0. The van der Waals surface area contributed by atoms with E-state index in [0.717, 1.165) is 12.1 Å². The molecule has 0 aliphatic heterocycles. The molecule has 0 unspecified atom stereocenters. The van der Waals surface area contributed by atoms with Gasteiger partial charge >= 0.3 is 0 Å². The van der Waals surface area contributed by atoms with Gasteiger partial charge in [0.1, 0.15) is 11.6 Å². The lowest BCUT2D eigenvalue weighted by molar-refractivity contribution is 0.112. The lowest BCUT2D eigenvalue weighted by Crippen LogP contribution is -1.89. The van der Waals surface area contributed by atoms with Crippen LogP contribution in [-0.4, -0.2) is 11.4 Å². The van der Waals surface area contributed by atoms with Crippen LogP contribution in [0.15, 0.2) is 24.3 Å². The average molecular weight is 388 g/mol. The molecule has 2 aromatic carbocycles. The summed E-state index contributed by atoms with van der Waals surface area (Å²) in [7, 11) is 0. The standard InChI is InChI=1S/C7H5Cl2FO.C7H3Cl2FO/c2*8-5-1-2-6(10)7(9)4(5)3-11/h1-2,11H,3H2;1-3H. The first-order valence-corrected chi connectivity index (χ1v) is 7.16. The minimum absolute atomic E-state index is 0.00617. The Kier molecular flexibility index (Phi) is 7.53. The van der Waals surface area contributed by atoms with Crippen molar-refractivity contribution in [3.63, 3.8) is 0 Å². The Labute approximate surface area is 145 Å². The third-order valence-corrected chi connectivity index (χ3v) is 3.97. The highest BCUT2D eigenvalue weighted by Gasteiger charge is 2.09. The molecule has 2 rings (SSSR count). The van der Waals surface area contributed by atoms with Gasteiger partial charge in [-0.25, -0.2) is 8.78 Å². The van der Waals surface area contributed by atoms with E-state index >= 15 is 0 Å². The van der Waals surface area contributed by atoms with Crippen molar-refractivity contribution in [3.8, 4) is 0 Å². The maximum absolute atomic E-state index is 12.6. The van der Waals surface area contributed by atoms with Gasteiger partial charge in [0.25, 0.3) is 0 Å². The Morgan fingerprint density at radius 3 is 1.82 bits per heavy atom. The molecule has 0 aliphatic rings. The molecule has 2 nitrogen and oxygen atoms in total. The molecule has 0 heterocycles. The third-order valence-electron chi connectivity index (χ3n) is 2.49. The number of aliphatic hydroxyl groups excluding tert-OH is 1. The van der Waals surface area contributed by atoms with Gasteiger partial charge in [0, 0.05) is 10.6 Å². The summed E-state index contributed by atoms with van der Waals surface area (Å²) in [5.41, 5.74) is 0.224. The van der Waals surface area contributed by atoms with Gasteiger partial charge in [-0.3, -0.25) is 4.79 Å². The van der Waals surface area contributed by atoms with Gasteiger partial charge in [0.15, 0.2) is 6.29 Å². The smallest absolute Gasteiger partial charge is 0.153 e. The topological polar surface area (TPSA) is 37.3 Å². The monoisotopic (exact) mass is 386 g/mol. The number of aliphatic hydroxyl groups is 1. The summed E-state index contributed by atoms with van der Waals surface area (Å²) in [4.78, 5) is 10.3. The van der Waals surface area contributed by atoms with Crippen LogP contribution < -0.4 is 0 Å². The molecule has 22 heavy (non-hydrogen) atoms. The second-order valence-corrected chi connectivity index (χ2v) is 5.42. The Morgan fingerprint density at radius 2 is 1.41 bits per heavy atom. The first-order chi connectivity index (χ1) is 10.3. The molecule has 0 amide bonds. The first kappa shape index (κ1) is 19.1. The summed E-state index contributed by atoms with van der Waals surface area (Å²) < 4.78 is 25.2. The Balaban J connectivity index is 0.000000220. The predicted octanol–water partition coefficient (Wildman–Crippen LogP) is 5.57. The fourth-order valence-electron chi connectivity index (χ4n) is 1.36. The van der Waals surface area contributed by atoms with Gasteiger partial charge in [0.2, 0.25) is 0 Å². The van der Waals surface area contributed by atoms with Crippen LogP contribution in [0.25, 0.3) is 0 Å². The molecule has 0 fully saturated rings. The molecule has 0 aromatic heterocycles. The largest absolute Gasteiger partial charge is 0.392 e. The van der Waals surface area contributed by atoms with E-state index in [0.29, 0.717) is 6.29 Å². The van der Waals surface area contributed by atoms with E-state index in [-0.39, 0.29) is 37.8 Å². The van der Waals surface area contributed by atoms with Gasteiger partial charge in [0.05, 0.1) is 27.2 Å². The minimum atomic E-state index is -0.641. The highest BCUT2D eigenvalue weighted by Crippen LogP contribution is 2.27. The lowest BCUT2D eigenvalue weighted by Gasteiger charge is -2.02. The van der Waals surface area contributed by atoms with Crippen molar-refractivity contribution in [2.45, 2.75) is 6.61 Å². The van der Waals surface area contributed by atoms with Crippen molar-refractivity contribution < 1.29 is 18.7 Å². The van der Waals surface area contributed by atoms with Crippen molar-refractivity contribution in [3.05, 3.63) is 67.1 Å². The summed E-state index contributed by atoms with van der Waals surface area (Å²) in [6, 6.07) is 4.91. The minimum Gasteiger partial charge on any atom is -0.392 e. The molecule has 0 radical (unpaired) electrons. The zero-order valence-electron chi connectivity index (χ0n) is 10.7. The van der Waals surface area contributed by atoms with Crippen LogP contribution in [0.1, 0.15) is 15.9 Å². The first-order valence-electron chi connectivity index (χ1n) is 5.65. The number of rotatable bonds is 2. The van der Waals surface area contributed by atoms with Crippen LogP contribution in [0, 0.1) is 11.6 Å². The number of halogens is 6. The molecule has 0 atom stereocenters. The molecular formula is C14H8Cl4F2O2. The molecular weight excluding hydrogens is 380 g/mol. The Hall–Kier alpha value is -0.910. The van der Waals surface area contributed by atoms with Gasteiger partial charge in [-0.15, -0.1) is 0 Å². The summed E-state index contributed by atoms with van der Waals surface area (Å²) in [5.74, 6) is -1.21. The molecule has 0 bridgehead atoms. The van der Waals surface area contributed by atoms with Crippen molar-refractivity contribution in [2.24, 2.45) is 0 Å². The van der Waals surface area contributed by atoms with Crippen LogP contribution in [0.2, 0.25) is 20.1 Å². The fourth-order valence-corrected chi connectivity index (χ4v) is 2.31. The fraction of sp³-hybridized carbons (Fsp3) is 0.0714. The number of benzene rings is 2. The summed E-state index contributed by atoms with van der Waals surface area (Å²) in [6.45, 7) is -0.352. The molecule has 1 N–H and O–H groups in total. The molecule has 0 spiro atoms. The SMILES string of the molecule is O=Cc1c(Cl)ccc(F)c1Cl.OCc1c(Cl)ccc(F)c1Cl. The highest BCUT2D eigenvalue weighted by atomic mass is 35.5. The maximum atomic E-state index is 12.6. The molecule has 0 saturated heterocycles. The second kappa shape index (κ2) is 8.65. The average Bonchev–Trinajstić information content (AvgIpc) is 2.49. The maximum Gasteiger partial charge on any atom is 0.153 e. The van der Waals surface area contributed by atoms with E-state index < -0.39 is 11.6 Å². The van der Waals surface area contributed by atoms with Crippen molar-refractivity contribution in [1.29, 1.82) is 0 Å². The van der Waals surface area contributed by atoms with E-state index in [9.17, 15) is 13.6 Å². The van der Waals surface area contributed by atoms with Crippen molar-refractivity contribution >= 4 is 52.7 Å². The quantitative estimate of drug-likeness (QED) is 0.540. The molecule has 2 aromatic rings. The third kappa shape index (κ3) is 4.54. The summed E-state index contributed by atoms with van der Waals surface area (Å²) in [5, 5.41) is 8.78. The van der Waals surface area contributed by atoms with Crippen LogP contribution in [-0.2, 0) is 6.61 Å². The number of hydrogen-bond acceptors (Lipinski definition) is 2. The van der Waals surface area contributed by atoms with Crippen LogP contribution in [0.4, 0.5) is 8.78 Å². The van der Waals surface area contributed by atoms with E-state index in [1.807, 2.05) is 0 Å². The number of carbonyl (C=O) groups is 1. The predicted molar refractivity (Wildman–Crippen MR) is 84.2 cm³/mol. The van der Waals surface area contributed by atoms with E-state index in [4.69, 9.17) is 51.5 Å². The molecule has 0 aliphatic carbocycles. The van der Waals surface area contributed by atoms with Crippen LogP contribution in [0.5, 0.6) is 0 Å². The Bertz CT molecular complexity index is 693. The zero-order valence-corrected chi connectivity index (χ0v) is 13.7. The zero-order chi connectivity index (χ0) is 16.9. The van der Waals surface area contributed by atoms with Gasteiger partial charge in [-0.1, -0.05) is 46.4 Å². The summed E-state index contributed by atoms with van der Waals surface area (Å²) in [6.07, 6.45) is 0.424. The normalized spacial score (nSPS) is 9.95. The number of aldehydes is 1. The molecule has 0 saturated carbocycles. The van der Waals surface area contributed by atoms with Crippen molar-refractivity contribution in [2.75, 3.05) is 0 Å². The lowest BCUT2D eigenvalue weighted by atomic mass is 10.2. The highest BCUT2D eigenvalue weighted by molar-refractivity contribution is 6.38. The van der Waals surface area contributed by atoms with Crippen molar-refractivity contribution in [1.82, 2.24) is 0 Å². The van der Waals surface area contributed by atoms with Gasteiger partial charge in [-0.2, -0.15) is 0 Å². The second-order valence-electron chi connectivity index (χ2n) is 3.85. The van der Waals surface area contributed by atoms with Crippen LogP contribution in [0.3, 0.4) is 0 Å². The van der Waals surface area contributed by atoms with Gasteiger partial charge < -0.3 is 5.11 Å². The van der Waals surface area contributed by atoms with Gasteiger partial charge in [-0.05, 0) is 24.3 Å². The van der Waals surface area contributed by atoms with E-state index in [2.05, 4.69) is 0 Å². The number of hydrogen-bond donors (Lipinski definition) is 1. The molecule has 118 valence electrons. The Morgan fingerprint density at radius 1 is 0.909 bits per heavy atom. The molecule has 8 heteroatoms. The van der Waals surface area contributed by atoms with Crippen LogP contribution >= 0.6 is 46.4 Å². The number of carbonyl (C=O) groups excluding carboxylic acids is 1. The van der Waals surface area contributed by atoms with E-state index in [1.54, 1.807) is 0 Å².